The second-order valence-electron chi connectivity index (χ2n) is 0.262. The second kappa shape index (κ2) is 2.91. The van der Waals surface area contributed by atoms with Crippen LogP contribution in [0.3, 0.4) is 0 Å². The van der Waals surface area contributed by atoms with Crippen molar-refractivity contribution >= 4 is 11.8 Å². The van der Waals surface area contributed by atoms with Crippen LogP contribution in [-0.2, 0) is 0 Å². The fraction of sp³-hybridized carbons (Fsp3) is 0.333. The second-order valence-corrected chi connectivity index (χ2v) is 0.787. The minimum atomic E-state index is 0.274. The first-order valence-electron chi connectivity index (χ1n) is 1.49. The Morgan fingerprint density at radius 2 is 3.25 bits per heavy atom. The first-order valence-corrected chi connectivity index (χ1v) is 1.77. The van der Waals surface area contributed by atoms with Crippen LogP contribution in [0.4, 0.5) is 0 Å². The van der Waals surface area contributed by atoms with Crippen molar-refractivity contribution in [3.05, 3.63) is 0 Å². The number of thioether (sulfide) groups is 1. The molecule has 0 aliphatic carbocycles. The van der Waals surface area contributed by atoms with Crippen LogP contribution in [0.1, 0.15) is 1.37 Å². The van der Waals surface area contributed by atoms with Crippen molar-refractivity contribution < 1.29 is 1.37 Å². The van der Waals surface area contributed by atoms with Gasteiger partial charge in [-0.2, -0.15) is 0 Å². The topological polar surface area (TPSA) is 0 Å². The van der Waals surface area contributed by atoms with Gasteiger partial charge in [0.15, 0.2) is 0 Å². The molecule has 4 heavy (non-hydrogen) atoms. The SMILES string of the molecule is [3H]CSC#C. The van der Waals surface area contributed by atoms with Gasteiger partial charge in [-0.3, -0.25) is 0 Å². The fourth-order valence-corrected chi connectivity index (χ4v) is 0. The third kappa shape index (κ3) is 1.91. The van der Waals surface area contributed by atoms with Crippen molar-refractivity contribution in [2.24, 2.45) is 0 Å². The zero-order chi connectivity index (χ0) is 4.12. The lowest BCUT2D eigenvalue weighted by atomic mass is 11.4. The number of hydrogen-bond acceptors (Lipinski definition) is 1. The largest absolute Gasteiger partial charge is 0.108 e. The van der Waals surface area contributed by atoms with E-state index in [1.807, 2.05) is 0 Å². The van der Waals surface area contributed by atoms with E-state index in [1.54, 1.807) is 0 Å². The molecule has 0 saturated heterocycles. The zero-order valence-corrected chi connectivity index (χ0v) is 3.01. The molecule has 1 heteroatoms. The molecule has 0 heterocycles. The summed E-state index contributed by atoms with van der Waals surface area (Å²) in [6.07, 6.45) is 5.01. The highest BCUT2D eigenvalue weighted by Crippen LogP contribution is 1.78. The van der Waals surface area contributed by atoms with Gasteiger partial charge >= 0.3 is 0 Å². The van der Waals surface area contributed by atoms with Crippen LogP contribution in [0.15, 0.2) is 0 Å². The molecular weight excluding hydrogens is 68.1 g/mol. The minimum absolute atomic E-state index is 0.274. The summed E-state index contributed by atoms with van der Waals surface area (Å²) in [5, 5.41) is 2.25. The minimum Gasteiger partial charge on any atom is -0.108 e. The summed E-state index contributed by atoms with van der Waals surface area (Å²) < 4.78 is 6.42. The van der Waals surface area contributed by atoms with Crippen LogP contribution in [0.25, 0.3) is 0 Å². The third-order valence-electron chi connectivity index (χ3n) is 0.0833. The van der Waals surface area contributed by atoms with Crippen LogP contribution in [0.2, 0.25) is 0 Å². The van der Waals surface area contributed by atoms with Gasteiger partial charge in [0.1, 0.15) is 0 Å². The summed E-state index contributed by atoms with van der Waals surface area (Å²) >= 11 is 1.16. The predicted molar refractivity (Wildman–Crippen MR) is 22.3 cm³/mol. The molecule has 0 aromatic rings. The summed E-state index contributed by atoms with van der Waals surface area (Å²) in [5.74, 6) is 0. The van der Waals surface area contributed by atoms with Crippen molar-refractivity contribution in [3.63, 3.8) is 0 Å². The quantitative estimate of drug-likeness (QED) is 0.385. The Bertz CT molecular complexity index is 45.3. The molecule has 0 fully saturated rings. The van der Waals surface area contributed by atoms with Crippen LogP contribution in [0.5, 0.6) is 0 Å². The van der Waals surface area contributed by atoms with Gasteiger partial charge in [0.05, 0.1) is 0 Å². The first kappa shape index (κ1) is 2.17. The predicted octanol–water partition coefficient (Wildman–Crippen LogP) is 0.940. The Labute approximate surface area is 32.0 Å². The van der Waals surface area contributed by atoms with E-state index in [0.717, 1.165) is 11.8 Å². The lowest BCUT2D eigenvalue weighted by Crippen LogP contribution is -1.27. The molecule has 0 nitrogen and oxygen atoms in total. The molecule has 0 bridgehead atoms. The van der Waals surface area contributed by atoms with E-state index in [0.29, 0.717) is 0 Å². The van der Waals surface area contributed by atoms with E-state index >= 15 is 0 Å². The summed E-state index contributed by atoms with van der Waals surface area (Å²) in [5.41, 5.74) is 0. The zero-order valence-electron chi connectivity index (χ0n) is 3.19. The molecular formula is C3H4S. The lowest BCUT2D eigenvalue weighted by Gasteiger charge is -1.53. The van der Waals surface area contributed by atoms with Crippen molar-refractivity contribution in [2.45, 2.75) is 0 Å². The van der Waals surface area contributed by atoms with Gasteiger partial charge in [-0.25, -0.2) is 0 Å². The van der Waals surface area contributed by atoms with E-state index in [4.69, 9.17) is 7.79 Å². The molecule has 22 valence electrons. The molecule has 0 aromatic carbocycles. The van der Waals surface area contributed by atoms with Crippen LogP contribution in [-0.4, -0.2) is 6.23 Å². The van der Waals surface area contributed by atoms with E-state index in [-0.39, 0.29) is 6.23 Å². The maximum absolute atomic E-state index is 6.42. The number of hydrogen-bond donors (Lipinski definition) is 0. The van der Waals surface area contributed by atoms with Crippen LogP contribution >= 0.6 is 11.8 Å². The lowest BCUT2D eigenvalue weighted by molar-refractivity contribution is 2.51. The monoisotopic (exact) mass is 74.0 g/mol. The van der Waals surface area contributed by atoms with Crippen molar-refractivity contribution in [3.8, 4) is 11.7 Å². The maximum atomic E-state index is 6.42. The van der Waals surface area contributed by atoms with E-state index in [2.05, 4.69) is 5.25 Å². The Morgan fingerprint density at radius 3 is 3.25 bits per heavy atom. The molecule has 0 N–H and O–H groups in total. The van der Waals surface area contributed by atoms with E-state index in [1.165, 1.54) is 0 Å². The summed E-state index contributed by atoms with van der Waals surface area (Å²) in [6.45, 7) is 0. The molecule has 0 aliphatic rings. The molecule has 0 radical (unpaired) electrons. The Kier molecular flexibility index (Phi) is 1.58. The molecule has 0 aliphatic heterocycles. The normalized spacial score (nSPS) is 8.25. The summed E-state index contributed by atoms with van der Waals surface area (Å²) in [4.78, 5) is 0. The molecule has 0 amide bonds. The van der Waals surface area contributed by atoms with Crippen molar-refractivity contribution in [1.82, 2.24) is 0 Å². The molecule has 0 atom stereocenters. The van der Waals surface area contributed by atoms with Gasteiger partial charge < -0.3 is 0 Å². The fourth-order valence-electron chi connectivity index (χ4n) is 0. The average Bonchev–Trinajstić information content (AvgIpc) is 1.41. The van der Waals surface area contributed by atoms with Gasteiger partial charge in [0.25, 0.3) is 0 Å². The molecule has 0 saturated carbocycles. The number of terminal acetylenes is 1. The average molecular weight is 74.1 g/mol. The standard InChI is InChI=1S/C3H4S/c1-3-4-2/h1H,2H3/i2T. The molecule has 0 unspecified atom stereocenters. The van der Waals surface area contributed by atoms with E-state index < -0.39 is 0 Å². The highest BCUT2D eigenvalue weighted by atomic mass is 32.2. The summed E-state index contributed by atoms with van der Waals surface area (Å²) in [6, 6.07) is 0. The summed E-state index contributed by atoms with van der Waals surface area (Å²) in [7, 11) is 0. The van der Waals surface area contributed by atoms with Gasteiger partial charge in [-0.1, -0.05) is 11.8 Å². The third-order valence-corrected chi connectivity index (χ3v) is 0.250. The Morgan fingerprint density at radius 1 is 2.50 bits per heavy atom. The smallest absolute Gasteiger partial charge is 0.0354 e. The van der Waals surface area contributed by atoms with Crippen molar-refractivity contribution in [2.75, 3.05) is 6.23 Å². The maximum Gasteiger partial charge on any atom is 0.0354 e. The molecule has 0 rings (SSSR count). The highest BCUT2D eigenvalue weighted by Gasteiger charge is 1.42. The van der Waals surface area contributed by atoms with E-state index in [9.17, 15) is 0 Å². The van der Waals surface area contributed by atoms with Gasteiger partial charge in [-0.05, 0) is 11.5 Å². The molecule has 0 spiro atoms. The Hall–Kier alpha value is -0.0900. The first-order chi connectivity index (χ1) is 2.41. The molecule has 0 aromatic heterocycles. The van der Waals surface area contributed by atoms with Gasteiger partial charge in [-0.15, -0.1) is 6.42 Å². The van der Waals surface area contributed by atoms with Crippen molar-refractivity contribution in [1.29, 1.82) is 0 Å². The Balaban J connectivity index is 2.48. The highest BCUT2D eigenvalue weighted by molar-refractivity contribution is 8.03. The van der Waals surface area contributed by atoms with Gasteiger partial charge in [0, 0.05) is 1.37 Å². The van der Waals surface area contributed by atoms with Crippen LogP contribution in [0, 0.1) is 11.7 Å². The number of rotatable bonds is 0. The van der Waals surface area contributed by atoms with Crippen LogP contribution < -0.4 is 0 Å². The van der Waals surface area contributed by atoms with Gasteiger partial charge in [0.2, 0.25) is 0 Å².